The van der Waals surface area contributed by atoms with Gasteiger partial charge < -0.3 is 20.6 Å². The van der Waals surface area contributed by atoms with E-state index in [-0.39, 0.29) is 11.8 Å². The molecule has 0 aliphatic carbocycles. The van der Waals surface area contributed by atoms with E-state index < -0.39 is 29.4 Å². The van der Waals surface area contributed by atoms with Crippen molar-refractivity contribution in [1.82, 2.24) is 15.5 Å². The highest BCUT2D eigenvalue weighted by atomic mass is 16.4. The van der Waals surface area contributed by atoms with Crippen LogP contribution in [0.5, 0.6) is 0 Å². The zero-order valence-corrected chi connectivity index (χ0v) is 16.0. The van der Waals surface area contributed by atoms with Gasteiger partial charge in [-0.2, -0.15) is 0 Å². The summed E-state index contributed by atoms with van der Waals surface area (Å²) in [5.41, 5.74) is -0.530. The molecule has 24 heavy (non-hydrogen) atoms. The minimum Gasteiger partial charge on any atom is -0.480 e. The Kier molecular flexibility index (Phi) is 8.96. The van der Waals surface area contributed by atoms with E-state index in [4.69, 9.17) is 5.11 Å². The summed E-state index contributed by atoms with van der Waals surface area (Å²) in [7, 11) is 3.90. The highest BCUT2D eigenvalue weighted by molar-refractivity contribution is 5.91. The third-order valence-electron chi connectivity index (χ3n) is 3.93. The molecule has 0 saturated heterocycles. The molecule has 0 aromatic heterocycles. The van der Waals surface area contributed by atoms with Gasteiger partial charge in [0.05, 0.1) is 0 Å². The van der Waals surface area contributed by atoms with Crippen LogP contribution in [0.2, 0.25) is 0 Å². The van der Waals surface area contributed by atoms with Gasteiger partial charge in [-0.25, -0.2) is 0 Å². The van der Waals surface area contributed by atoms with E-state index in [0.29, 0.717) is 12.8 Å². The van der Waals surface area contributed by atoms with Gasteiger partial charge in [0, 0.05) is 5.92 Å². The molecule has 3 N–H and O–H groups in total. The van der Waals surface area contributed by atoms with Crippen LogP contribution in [0.4, 0.5) is 0 Å². The molecule has 0 aromatic rings. The molecule has 140 valence electrons. The molecular weight excluding hydrogens is 310 g/mol. The summed E-state index contributed by atoms with van der Waals surface area (Å²) in [6, 6.07) is -1.80. The van der Waals surface area contributed by atoms with Crippen molar-refractivity contribution >= 4 is 17.8 Å². The van der Waals surface area contributed by atoms with Crippen LogP contribution >= 0.6 is 0 Å². The lowest BCUT2D eigenvalue weighted by Crippen LogP contribution is -2.57. The van der Waals surface area contributed by atoms with Crippen LogP contribution in [0, 0.1) is 11.3 Å². The lowest BCUT2D eigenvalue weighted by Gasteiger charge is -2.32. The normalized spacial score (nSPS) is 15.5. The predicted octanol–water partition coefficient (Wildman–Crippen LogP) is 1.08. The maximum atomic E-state index is 12.5. The number of nitrogens with one attached hydrogen (secondary N) is 2. The number of carboxylic acids is 1. The lowest BCUT2D eigenvalue weighted by atomic mass is 9.85. The van der Waals surface area contributed by atoms with Gasteiger partial charge in [0.2, 0.25) is 11.8 Å². The third kappa shape index (κ3) is 7.77. The van der Waals surface area contributed by atoms with E-state index in [1.165, 1.54) is 6.92 Å². The number of carbonyl (C=O) groups is 3. The maximum absolute atomic E-state index is 12.5. The number of nitrogens with zero attached hydrogens (tertiary/aromatic N) is 1. The van der Waals surface area contributed by atoms with E-state index in [9.17, 15) is 14.4 Å². The van der Waals surface area contributed by atoms with Gasteiger partial charge in [0.15, 0.2) is 0 Å². The number of rotatable bonds is 9. The van der Waals surface area contributed by atoms with Crippen molar-refractivity contribution in [1.29, 1.82) is 0 Å². The smallest absolute Gasteiger partial charge is 0.325 e. The maximum Gasteiger partial charge on any atom is 0.325 e. The number of carboxylic acid groups (broad SMARTS) is 1. The minimum atomic E-state index is -1.11. The molecule has 0 bridgehead atoms. The van der Waals surface area contributed by atoms with Crippen molar-refractivity contribution in [2.45, 2.75) is 59.5 Å². The van der Waals surface area contributed by atoms with Gasteiger partial charge in [0.25, 0.3) is 0 Å². The van der Waals surface area contributed by atoms with Crippen LogP contribution in [-0.4, -0.2) is 60.5 Å². The quantitative estimate of drug-likeness (QED) is 0.582. The zero-order chi connectivity index (χ0) is 19.1. The molecule has 3 unspecified atom stereocenters. The topological polar surface area (TPSA) is 98.7 Å². The van der Waals surface area contributed by atoms with Gasteiger partial charge in [-0.1, -0.05) is 27.7 Å². The summed E-state index contributed by atoms with van der Waals surface area (Å²) < 4.78 is 0. The van der Waals surface area contributed by atoms with E-state index in [2.05, 4.69) is 10.6 Å². The fourth-order valence-electron chi connectivity index (χ4n) is 2.23. The fourth-order valence-corrected chi connectivity index (χ4v) is 2.23. The highest BCUT2D eigenvalue weighted by Crippen LogP contribution is 2.21. The zero-order valence-electron chi connectivity index (χ0n) is 16.0. The monoisotopic (exact) mass is 343 g/mol. The molecule has 0 fully saturated rings. The number of hydrogen-bond donors (Lipinski definition) is 3. The Morgan fingerprint density at radius 1 is 1.08 bits per heavy atom. The largest absolute Gasteiger partial charge is 0.480 e. The van der Waals surface area contributed by atoms with Gasteiger partial charge in [-0.15, -0.1) is 0 Å². The Morgan fingerprint density at radius 3 is 2.00 bits per heavy atom. The summed E-state index contributed by atoms with van der Waals surface area (Å²) in [6.07, 6.45) is 1.39. The first kappa shape index (κ1) is 22.4. The molecule has 0 heterocycles. The number of aliphatic carboxylic acids is 1. The summed E-state index contributed by atoms with van der Waals surface area (Å²) in [5, 5.41) is 14.2. The molecular formula is C17H33N3O4. The Labute approximate surface area is 145 Å². The predicted molar refractivity (Wildman–Crippen MR) is 93.6 cm³/mol. The number of hydrogen-bond acceptors (Lipinski definition) is 4. The van der Waals surface area contributed by atoms with Crippen molar-refractivity contribution in [2.75, 3.05) is 20.6 Å². The molecule has 3 atom stereocenters. The fraction of sp³-hybridized carbons (Fsp3) is 0.824. The van der Waals surface area contributed by atoms with Crippen molar-refractivity contribution in [3.05, 3.63) is 0 Å². The molecule has 0 aliphatic rings. The summed E-state index contributed by atoms with van der Waals surface area (Å²) in [6.45, 7) is 9.64. The summed E-state index contributed by atoms with van der Waals surface area (Å²) in [4.78, 5) is 37.9. The third-order valence-corrected chi connectivity index (χ3v) is 3.93. The number of carbonyl (C=O) groups excluding carboxylic acids is 2. The second kappa shape index (κ2) is 9.61. The summed E-state index contributed by atoms with van der Waals surface area (Å²) >= 11 is 0. The molecule has 7 heteroatoms. The molecule has 2 amide bonds. The van der Waals surface area contributed by atoms with E-state index >= 15 is 0 Å². The molecule has 7 nitrogen and oxygen atoms in total. The van der Waals surface area contributed by atoms with Gasteiger partial charge in [-0.05, 0) is 45.8 Å². The first-order valence-corrected chi connectivity index (χ1v) is 8.38. The summed E-state index contributed by atoms with van der Waals surface area (Å²) in [5.74, 6) is -1.94. The second-order valence-corrected chi connectivity index (χ2v) is 7.57. The van der Waals surface area contributed by atoms with E-state index in [1.54, 1.807) is 0 Å². The Hall–Kier alpha value is -1.63. The van der Waals surface area contributed by atoms with Crippen LogP contribution in [-0.2, 0) is 14.4 Å². The Bertz CT molecular complexity index is 444. The average Bonchev–Trinajstić information content (AvgIpc) is 2.43. The van der Waals surface area contributed by atoms with Crippen LogP contribution in [0.25, 0.3) is 0 Å². The Balaban J connectivity index is 5.04. The molecule has 0 aliphatic heterocycles. The minimum absolute atomic E-state index is 0.169. The van der Waals surface area contributed by atoms with Crippen LogP contribution in [0.3, 0.4) is 0 Å². The van der Waals surface area contributed by atoms with Crippen molar-refractivity contribution in [2.24, 2.45) is 11.3 Å². The van der Waals surface area contributed by atoms with Gasteiger partial charge in [-0.3, -0.25) is 14.4 Å². The molecule has 0 radical (unpaired) electrons. The second-order valence-electron chi connectivity index (χ2n) is 7.57. The first-order chi connectivity index (χ1) is 10.9. The first-order valence-electron chi connectivity index (χ1n) is 8.38. The van der Waals surface area contributed by atoms with Crippen LogP contribution in [0.15, 0.2) is 0 Å². The lowest BCUT2D eigenvalue weighted by molar-refractivity contribution is -0.142. The SMILES string of the molecule is CCC(CCN(C)C)C(=O)NC(C(=O)NC(C)C(=O)O)C(C)(C)C. The van der Waals surface area contributed by atoms with Gasteiger partial charge in [0.1, 0.15) is 12.1 Å². The molecule has 0 spiro atoms. The molecule has 0 saturated carbocycles. The van der Waals surface area contributed by atoms with E-state index in [0.717, 1.165) is 6.54 Å². The van der Waals surface area contributed by atoms with Crippen molar-refractivity contribution in [3.8, 4) is 0 Å². The molecule has 0 rings (SSSR count). The highest BCUT2D eigenvalue weighted by Gasteiger charge is 2.35. The number of amides is 2. The van der Waals surface area contributed by atoms with E-state index in [1.807, 2.05) is 46.7 Å². The van der Waals surface area contributed by atoms with Gasteiger partial charge >= 0.3 is 5.97 Å². The Morgan fingerprint density at radius 2 is 1.62 bits per heavy atom. The van der Waals surface area contributed by atoms with Crippen LogP contribution in [0.1, 0.15) is 47.5 Å². The standard InChI is InChI=1S/C17H33N3O4/c1-8-12(9-10-20(6)7)14(21)19-13(17(3,4)5)15(22)18-11(2)16(23)24/h11-13H,8-10H2,1-7H3,(H,18,22)(H,19,21)(H,23,24). The van der Waals surface area contributed by atoms with Crippen LogP contribution < -0.4 is 10.6 Å². The van der Waals surface area contributed by atoms with Crippen molar-refractivity contribution < 1.29 is 19.5 Å². The van der Waals surface area contributed by atoms with Crippen molar-refractivity contribution in [3.63, 3.8) is 0 Å². The average molecular weight is 343 g/mol. The molecule has 0 aromatic carbocycles.